The average molecular weight is 665 g/mol. The summed E-state index contributed by atoms with van der Waals surface area (Å²) in [6.07, 6.45) is 10.1. The van der Waals surface area contributed by atoms with Crippen molar-refractivity contribution in [1.29, 1.82) is 0 Å². The van der Waals surface area contributed by atoms with Crippen molar-refractivity contribution in [3.8, 4) is 11.6 Å². The molecular formula is C38H56N4O6. The van der Waals surface area contributed by atoms with Crippen molar-refractivity contribution in [3.05, 3.63) is 23.9 Å². The molecule has 1 spiro atoms. The maximum absolute atomic E-state index is 13.9. The molecule has 1 aromatic heterocycles. The zero-order valence-electron chi connectivity index (χ0n) is 30.0. The molecule has 2 saturated carbocycles. The van der Waals surface area contributed by atoms with E-state index in [0.29, 0.717) is 41.3 Å². The van der Waals surface area contributed by atoms with Crippen molar-refractivity contribution in [2.75, 3.05) is 13.7 Å². The van der Waals surface area contributed by atoms with Crippen LogP contribution in [0.4, 0.5) is 4.79 Å². The average Bonchev–Trinajstić information content (AvgIpc) is 3.46. The molecule has 1 aliphatic heterocycles. The quantitative estimate of drug-likeness (QED) is 0.219. The lowest BCUT2D eigenvalue weighted by Crippen LogP contribution is -2.57. The van der Waals surface area contributed by atoms with Gasteiger partial charge in [0.15, 0.2) is 5.78 Å². The predicted octanol–water partition coefficient (Wildman–Crippen LogP) is 7.00. The van der Waals surface area contributed by atoms with Crippen LogP contribution in [0.15, 0.2) is 18.2 Å². The number of rotatable bonds is 13. The highest BCUT2D eigenvalue weighted by Crippen LogP contribution is 2.61. The summed E-state index contributed by atoms with van der Waals surface area (Å²) in [6, 6.07) is 4.23. The van der Waals surface area contributed by atoms with Crippen LogP contribution in [-0.2, 0) is 20.7 Å². The van der Waals surface area contributed by atoms with Crippen molar-refractivity contribution in [1.82, 2.24) is 20.2 Å². The normalized spacial score (nSPS) is 23.9. The van der Waals surface area contributed by atoms with Gasteiger partial charge in [0.1, 0.15) is 23.6 Å². The fourth-order valence-corrected chi connectivity index (χ4v) is 8.17. The molecule has 0 bridgehead atoms. The molecule has 264 valence electrons. The first kappa shape index (κ1) is 35.9. The summed E-state index contributed by atoms with van der Waals surface area (Å²) >= 11 is 0. The number of nitrogens with zero attached hydrogens (tertiary/aromatic N) is 3. The Hall–Kier alpha value is -3.43. The Kier molecular flexibility index (Phi) is 10.9. The first-order valence-corrected chi connectivity index (χ1v) is 18.0. The molecule has 48 heavy (non-hydrogen) atoms. The van der Waals surface area contributed by atoms with E-state index < -0.39 is 23.6 Å². The van der Waals surface area contributed by atoms with Crippen molar-refractivity contribution in [2.45, 2.75) is 130 Å². The van der Waals surface area contributed by atoms with E-state index in [1.807, 2.05) is 32.9 Å². The minimum atomic E-state index is -0.790. The van der Waals surface area contributed by atoms with E-state index in [1.54, 1.807) is 25.0 Å². The van der Waals surface area contributed by atoms with Crippen molar-refractivity contribution in [3.63, 3.8) is 0 Å². The Morgan fingerprint density at radius 2 is 1.79 bits per heavy atom. The predicted molar refractivity (Wildman–Crippen MR) is 185 cm³/mol. The number of aromatic hydroxyl groups is 1. The van der Waals surface area contributed by atoms with Gasteiger partial charge in [-0.1, -0.05) is 53.9 Å². The molecule has 3 fully saturated rings. The number of hydrogen-bond acceptors (Lipinski definition) is 8. The summed E-state index contributed by atoms with van der Waals surface area (Å²) in [5.41, 5.74) is 1.72. The number of aryl methyl sites for hydroxylation is 1. The number of fused-ring (bicyclic) bond motifs is 1. The van der Waals surface area contributed by atoms with Crippen LogP contribution in [0, 0.1) is 28.6 Å². The van der Waals surface area contributed by atoms with Gasteiger partial charge in [-0.05, 0) is 99.0 Å². The maximum atomic E-state index is 13.9. The lowest BCUT2D eigenvalue weighted by Gasteiger charge is -2.36. The summed E-state index contributed by atoms with van der Waals surface area (Å²) < 4.78 is 11.4. The largest absolute Gasteiger partial charge is 0.497 e. The molecule has 2 N–H and O–H groups in total. The number of ketones is 1. The van der Waals surface area contributed by atoms with E-state index in [9.17, 15) is 19.5 Å². The number of carbonyl (C=O) groups excluding carboxylic acids is 3. The summed E-state index contributed by atoms with van der Waals surface area (Å²) in [4.78, 5) is 50.6. The number of unbranched alkanes of at least 4 members (excludes halogenated alkanes) is 3. The van der Waals surface area contributed by atoms with Gasteiger partial charge in [-0.25, -0.2) is 14.8 Å². The van der Waals surface area contributed by atoms with E-state index in [-0.39, 0.29) is 35.5 Å². The van der Waals surface area contributed by atoms with Crippen LogP contribution >= 0.6 is 0 Å². The molecule has 1 aromatic carbocycles. The van der Waals surface area contributed by atoms with E-state index >= 15 is 0 Å². The molecular weight excluding hydrogens is 608 g/mol. The minimum Gasteiger partial charge on any atom is -0.497 e. The number of benzene rings is 1. The molecule has 2 amide bonds. The zero-order valence-corrected chi connectivity index (χ0v) is 30.0. The van der Waals surface area contributed by atoms with Gasteiger partial charge in [-0.15, -0.1) is 0 Å². The number of alkyl carbamates (subject to hydrolysis) is 1. The molecule has 10 heteroatoms. The minimum absolute atomic E-state index is 0.000184. The van der Waals surface area contributed by atoms with Gasteiger partial charge in [0.05, 0.1) is 24.2 Å². The van der Waals surface area contributed by atoms with Crippen molar-refractivity contribution < 1.29 is 29.0 Å². The van der Waals surface area contributed by atoms with Gasteiger partial charge in [0, 0.05) is 12.6 Å². The number of methoxy groups -OCH3 is 1. The van der Waals surface area contributed by atoms with Crippen LogP contribution in [0.1, 0.15) is 111 Å². The summed E-state index contributed by atoms with van der Waals surface area (Å²) in [6.45, 7) is 12.1. The molecule has 0 radical (unpaired) electrons. The van der Waals surface area contributed by atoms with Crippen LogP contribution in [0.25, 0.3) is 11.0 Å². The number of Topliss-reactive ketones (excluding diaryl/α,β-unsaturated/α-hetero) is 1. The number of carbonyl (C=O) groups is 3. The molecule has 1 saturated heterocycles. The summed E-state index contributed by atoms with van der Waals surface area (Å²) in [7, 11) is 1.60. The first-order chi connectivity index (χ1) is 22.7. The van der Waals surface area contributed by atoms with Gasteiger partial charge >= 0.3 is 6.09 Å². The Bertz CT molecular complexity index is 1480. The Labute approximate surface area is 285 Å². The van der Waals surface area contributed by atoms with Crippen LogP contribution < -0.4 is 10.1 Å². The fourth-order valence-electron chi connectivity index (χ4n) is 8.17. The zero-order chi connectivity index (χ0) is 34.8. The van der Waals surface area contributed by atoms with Gasteiger partial charge in [0.25, 0.3) is 0 Å². The Morgan fingerprint density at radius 1 is 1.06 bits per heavy atom. The topological polar surface area (TPSA) is 131 Å². The van der Waals surface area contributed by atoms with Gasteiger partial charge in [-0.2, -0.15) is 0 Å². The number of likely N-dealkylation sites (tertiary alicyclic amines) is 1. The number of amides is 2. The second-order valence-corrected chi connectivity index (χ2v) is 16.1. The molecule has 3 aliphatic rings. The molecule has 2 aromatic rings. The summed E-state index contributed by atoms with van der Waals surface area (Å²) in [5, 5.41) is 13.4. The second kappa shape index (κ2) is 14.6. The van der Waals surface area contributed by atoms with Gasteiger partial charge in [0.2, 0.25) is 11.8 Å². The molecule has 5 atom stereocenters. The summed E-state index contributed by atoms with van der Waals surface area (Å²) in [5.74, 6) is 1.17. The number of hydrogen-bond donors (Lipinski definition) is 2. The third-order valence-electron chi connectivity index (χ3n) is 11.1. The van der Waals surface area contributed by atoms with E-state index in [1.165, 1.54) is 12.8 Å². The number of ether oxygens (including phenoxy) is 2. The van der Waals surface area contributed by atoms with Crippen LogP contribution in [-0.4, -0.2) is 69.6 Å². The highest BCUT2D eigenvalue weighted by molar-refractivity contribution is 5.92. The SMILES string of the molecule is COc1ccc2nc(CCCCCC[C@@H]3CC4(CC4)CC3OC(=O)NC(C(=O)N3CC[C@@H](C(C)C)[C@H]3C(C)=O)C(C)(C)C)c(O)nc2c1. The van der Waals surface area contributed by atoms with Crippen molar-refractivity contribution in [2.24, 2.45) is 28.6 Å². The van der Waals surface area contributed by atoms with E-state index in [2.05, 4.69) is 29.1 Å². The monoisotopic (exact) mass is 664 g/mol. The second-order valence-electron chi connectivity index (χ2n) is 16.1. The van der Waals surface area contributed by atoms with Gasteiger partial charge < -0.3 is 24.8 Å². The van der Waals surface area contributed by atoms with E-state index in [0.717, 1.165) is 56.9 Å². The third-order valence-corrected chi connectivity index (χ3v) is 11.1. The maximum Gasteiger partial charge on any atom is 0.408 e. The van der Waals surface area contributed by atoms with Crippen molar-refractivity contribution >= 4 is 28.8 Å². The molecule has 10 nitrogen and oxygen atoms in total. The standard InChI is InChI=1S/C38H56N4O6/c1-23(2)27-16-19-42(32(27)24(3)43)35(45)33(37(4,5)6)41-36(46)48-31-22-38(17-18-38)21-25(31)12-10-8-9-11-13-29-34(44)40-30-20-26(47-7)14-15-28(30)39-29/h14-15,20,23,25,27,31-33H,8-13,16-19,21-22H2,1-7H3,(H,40,44)(H,41,46)/t25-,27+,31?,32-,33?/m1/s1. The highest BCUT2D eigenvalue weighted by atomic mass is 16.6. The Morgan fingerprint density at radius 3 is 2.44 bits per heavy atom. The van der Waals surface area contributed by atoms with Crippen LogP contribution in [0.2, 0.25) is 0 Å². The lowest BCUT2D eigenvalue weighted by atomic mass is 9.84. The van der Waals surface area contributed by atoms with Crippen LogP contribution in [0.3, 0.4) is 0 Å². The van der Waals surface area contributed by atoms with Crippen LogP contribution in [0.5, 0.6) is 11.6 Å². The molecule has 2 aliphatic carbocycles. The molecule has 5 rings (SSSR count). The lowest BCUT2D eigenvalue weighted by molar-refractivity contribution is -0.141. The smallest absolute Gasteiger partial charge is 0.408 e. The molecule has 2 unspecified atom stereocenters. The fraction of sp³-hybridized carbons (Fsp3) is 0.711. The van der Waals surface area contributed by atoms with E-state index in [4.69, 9.17) is 9.47 Å². The third kappa shape index (κ3) is 8.23. The number of aromatic nitrogens is 2. The van der Waals surface area contributed by atoms with Gasteiger partial charge in [-0.3, -0.25) is 9.59 Å². The number of nitrogens with one attached hydrogen (secondary N) is 1. The highest BCUT2D eigenvalue weighted by Gasteiger charge is 2.54. The Balaban J connectivity index is 1.12. The molecule has 2 heterocycles. The first-order valence-electron chi connectivity index (χ1n) is 18.0.